The van der Waals surface area contributed by atoms with Crippen LogP contribution in [0.25, 0.3) is 10.8 Å². The van der Waals surface area contributed by atoms with Crippen LogP contribution in [0, 0.1) is 6.92 Å². The van der Waals surface area contributed by atoms with Crippen molar-refractivity contribution in [1.29, 1.82) is 0 Å². The standard InChI is InChI=1S/C20H21N3O3S/c1-13-6-7-17(27-13)20-23-22-19(26-20)9-8-18(24)21-12-16-15-5-3-2-4-14(15)10-11-25-16/h2-7,16H,8-12H2,1H3,(H,21,24)/t16-/m0/s1. The van der Waals surface area contributed by atoms with Crippen molar-refractivity contribution in [2.24, 2.45) is 0 Å². The van der Waals surface area contributed by atoms with Gasteiger partial charge in [-0.2, -0.15) is 0 Å². The molecule has 7 heteroatoms. The number of hydrogen-bond donors (Lipinski definition) is 1. The number of hydrogen-bond acceptors (Lipinski definition) is 6. The maximum atomic E-state index is 12.2. The lowest BCUT2D eigenvalue weighted by Crippen LogP contribution is -2.32. The molecule has 0 fully saturated rings. The number of amides is 1. The van der Waals surface area contributed by atoms with Crippen molar-refractivity contribution in [3.8, 4) is 10.8 Å². The fraction of sp³-hybridized carbons (Fsp3) is 0.350. The van der Waals surface area contributed by atoms with E-state index in [0.29, 0.717) is 37.8 Å². The molecule has 1 aliphatic rings. The minimum Gasteiger partial charge on any atom is -0.420 e. The Bertz CT molecular complexity index is 934. The van der Waals surface area contributed by atoms with Gasteiger partial charge in [0.1, 0.15) is 6.10 Å². The number of thiophene rings is 1. The van der Waals surface area contributed by atoms with E-state index >= 15 is 0 Å². The van der Waals surface area contributed by atoms with Gasteiger partial charge in [0, 0.05) is 24.3 Å². The Hall–Kier alpha value is -2.51. The Morgan fingerprint density at radius 3 is 3.00 bits per heavy atom. The van der Waals surface area contributed by atoms with Crippen LogP contribution in [0.5, 0.6) is 0 Å². The Labute approximate surface area is 161 Å². The maximum Gasteiger partial charge on any atom is 0.257 e. The van der Waals surface area contributed by atoms with Crippen LogP contribution in [0.2, 0.25) is 0 Å². The molecule has 2 aromatic heterocycles. The highest BCUT2D eigenvalue weighted by molar-refractivity contribution is 7.15. The van der Waals surface area contributed by atoms with E-state index in [0.717, 1.165) is 16.9 Å². The monoisotopic (exact) mass is 383 g/mol. The van der Waals surface area contributed by atoms with Gasteiger partial charge in [-0.15, -0.1) is 21.5 Å². The summed E-state index contributed by atoms with van der Waals surface area (Å²) in [6.45, 7) is 3.19. The number of nitrogens with zero attached hydrogens (tertiary/aromatic N) is 2. The van der Waals surface area contributed by atoms with Gasteiger partial charge in [-0.3, -0.25) is 4.79 Å². The zero-order valence-electron chi connectivity index (χ0n) is 15.1. The first-order chi connectivity index (χ1) is 13.2. The Morgan fingerprint density at radius 2 is 2.15 bits per heavy atom. The normalized spacial score (nSPS) is 16.1. The number of carbonyl (C=O) groups is 1. The largest absolute Gasteiger partial charge is 0.420 e. The second-order valence-electron chi connectivity index (χ2n) is 6.52. The van der Waals surface area contributed by atoms with Crippen LogP contribution < -0.4 is 5.32 Å². The van der Waals surface area contributed by atoms with Crippen LogP contribution in [0.15, 0.2) is 40.8 Å². The molecule has 0 unspecified atom stereocenters. The third kappa shape index (κ3) is 4.26. The van der Waals surface area contributed by atoms with Crippen molar-refractivity contribution in [3.63, 3.8) is 0 Å². The van der Waals surface area contributed by atoms with Gasteiger partial charge in [-0.1, -0.05) is 24.3 Å². The number of aryl methyl sites for hydroxylation is 2. The van der Waals surface area contributed by atoms with Gasteiger partial charge >= 0.3 is 0 Å². The molecule has 4 rings (SSSR count). The third-order valence-electron chi connectivity index (χ3n) is 4.56. The second kappa shape index (κ2) is 8.02. The number of aromatic nitrogens is 2. The maximum absolute atomic E-state index is 12.2. The van der Waals surface area contributed by atoms with Crippen molar-refractivity contribution in [3.05, 3.63) is 58.3 Å². The van der Waals surface area contributed by atoms with Crippen LogP contribution in [-0.4, -0.2) is 29.3 Å². The molecule has 1 amide bonds. The molecule has 1 atom stereocenters. The van der Waals surface area contributed by atoms with E-state index in [1.54, 1.807) is 11.3 Å². The van der Waals surface area contributed by atoms with Gasteiger partial charge < -0.3 is 14.5 Å². The van der Waals surface area contributed by atoms with E-state index < -0.39 is 0 Å². The van der Waals surface area contributed by atoms with Crippen molar-refractivity contribution in [2.75, 3.05) is 13.2 Å². The lowest BCUT2D eigenvalue weighted by atomic mass is 9.97. The molecule has 0 spiro atoms. The molecule has 0 radical (unpaired) electrons. The van der Waals surface area contributed by atoms with Gasteiger partial charge in [-0.25, -0.2) is 0 Å². The van der Waals surface area contributed by atoms with Gasteiger partial charge in [0.2, 0.25) is 11.8 Å². The molecule has 3 heterocycles. The molecule has 140 valence electrons. The fourth-order valence-corrected chi connectivity index (χ4v) is 3.95. The molecule has 27 heavy (non-hydrogen) atoms. The topological polar surface area (TPSA) is 77.2 Å². The Kier molecular flexibility index (Phi) is 5.31. The lowest BCUT2D eigenvalue weighted by Gasteiger charge is -2.26. The molecule has 6 nitrogen and oxygen atoms in total. The summed E-state index contributed by atoms with van der Waals surface area (Å²) in [7, 11) is 0. The molecular formula is C20H21N3O3S. The molecule has 0 aliphatic carbocycles. The first kappa shape index (κ1) is 17.9. The minimum absolute atomic E-state index is 0.0478. The number of fused-ring (bicyclic) bond motifs is 1. The SMILES string of the molecule is Cc1ccc(-c2nnc(CCC(=O)NC[C@@H]3OCCc4ccccc43)o2)s1. The molecule has 1 aliphatic heterocycles. The average molecular weight is 383 g/mol. The van der Waals surface area contributed by atoms with Crippen molar-refractivity contribution < 1.29 is 13.9 Å². The quantitative estimate of drug-likeness (QED) is 0.705. The Morgan fingerprint density at radius 1 is 1.26 bits per heavy atom. The number of benzene rings is 1. The predicted octanol–water partition coefficient (Wildman–Crippen LogP) is 3.47. The summed E-state index contributed by atoms with van der Waals surface area (Å²) in [5.41, 5.74) is 2.46. The molecule has 0 bridgehead atoms. The van der Waals surface area contributed by atoms with Gasteiger partial charge in [0.15, 0.2) is 0 Å². The number of ether oxygens (including phenoxy) is 1. The first-order valence-electron chi connectivity index (χ1n) is 9.04. The summed E-state index contributed by atoms with van der Waals surface area (Å²) in [6, 6.07) is 12.2. The average Bonchev–Trinajstić information content (AvgIpc) is 3.33. The second-order valence-corrected chi connectivity index (χ2v) is 7.81. The van der Waals surface area contributed by atoms with E-state index in [1.165, 1.54) is 10.4 Å². The van der Waals surface area contributed by atoms with Crippen LogP contribution in [0.3, 0.4) is 0 Å². The summed E-state index contributed by atoms with van der Waals surface area (Å²) >= 11 is 1.61. The van der Waals surface area contributed by atoms with E-state index in [2.05, 4.69) is 27.6 Å². The molecule has 0 saturated heterocycles. The molecule has 1 N–H and O–H groups in total. The van der Waals surface area contributed by atoms with Gasteiger partial charge in [0.05, 0.1) is 11.5 Å². The summed E-state index contributed by atoms with van der Waals surface area (Å²) in [6.07, 6.45) is 1.56. The van der Waals surface area contributed by atoms with Crippen LogP contribution in [0.1, 0.15) is 34.4 Å². The molecule has 1 aromatic carbocycles. The van der Waals surface area contributed by atoms with Crippen LogP contribution in [0.4, 0.5) is 0 Å². The summed E-state index contributed by atoms with van der Waals surface area (Å²) < 4.78 is 11.5. The van der Waals surface area contributed by atoms with E-state index in [1.807, 2.05) is 31.2 Å². The fourth-order valence-electron chi connectivity index (χ4n) is 3.16. The minimum atomic E-state index is -0.0871. The van der Waals surface area contributed by atoms with E-state index in [-0.39, 0.29) is 12.0 Å². The third-order valence-corrected chi connectivity index (χ3v) is 5.55. The molecular weight excluding hydrogens is 362 g/mol. The highest BCUT2D eigenvalue weighted by atomic mass is 32.1. The van der Waals surface area contributed by atoms with Gasteiger partial charge in [0.25, 0.3) is 5.89 Å². The van der Waals surface area contributed by atoms with E-state index in [4.69, 9.17) is 9.15 Å². The summed E-state index contributed by atoms with van der Waals surface area (Å²) in [5.74, 6) is 0.939. The van der Waals surface area contributed by atoms with Crippen LogP contribution in [-0.2, 0) is 22.4 Å². The number of carbonyl (C=O) groups excluding carboxylic acids is 1. The van der Waals surface area contributed by atoms with Crippen molar-refractivity contribution >= 4 is 17.2 Å². The molecule has 3 aromatic rings. The van der Waals surface area contributed by atoms with Crippen molar-refractivity contribution in [2.45, 2.75) is 32.3 Å². The van der Waals surface area contributed by atoms with Gasteiger partial charge in [-0.05, 0) is 36.6 Å². The zero-order valence-corrected chi connectivity index (χ0v) is 15.9. The van der Waals surface area contributed by atoms with Crippen molar-refractivity contribution in [1.82, 2.24) is 15.5 Å². The summed E-state index contributed by atoms with van der Waals surface area (Å²) in [5, 5.41) is 11.1. The number of nitrogens with one attached hydrogen (secondary N) is 1. The molecule has 0 saturated carbocycles. The Balaban J connectivity index is 1.28. The highest BCUT2D eigenvalue weighted by Crippen LogP contribution is 2.27. The zero-order chi connectivity index (χ0) is 18.6. The first-order valence-corrected chi connectivity index (χ1v) is 9.86. The smallest absolute Gasteiger partial charge is 0.257 e. The highest BCUT2D eigenvalue weighted by Gasteiger charge is 2.21. The predicted molar refractivity (Wildman–Crippen MR) is 103 cm³/mol. The number of rotatable bonds is 6. The van der Waals surface area contributed by atoms with E-state index in [9.17, 15) is 4.79 Å². The summed E-state index contributed by atoms with van der Waals surface area (Å²) in [4.78, 5) is 14.3. The van der Waals surface area contributed by atoms with Crippen LogP contribution >= 0.6 is 11.3 Å². The lowest BCUT2D eigenvalue weighted by molar-refractivity contribution is -0.121.